The van der Waals surface area contributed by atoms with Crippen molar-refractivity contribution in [2.24, 2.45) is 4.99 Å². The van der Waals surface area contributed by atoms with E-state index in [0.717, 1.165) is 49.7 Å². The van der Waals surface area contributed by atoms with Gasteiger partial charge in [0.15, 0.2) is 5.96 Å². The number of hydrogen-bond acceptors (Lipinski definition) is 4. The summed E-state index contributed by atoms with van der Waals surface area (Å²) in [6.45, 7) is 3.78. The lowest BCUT2D eigenvalue weighted by atomic mass is 10.0. The Balaban J connectivity index is 1.22. The molecule has 1 aliphatic rings. The smallest absolute Gasteiger partial charge is 0.226 e. The molecule has 2 heterocycles. The van der Waals surface area contributed by atoms with Gasteiger partial charge in [0.25, 0.3) is 0 Å². The van der Waals surface area contributed by atoms with Crippen LogP contribution < -0.4 is 10.6 Å². The first-order chi connectivity index (χ1) is 14.8. The molecule has 0 unspecified atom stereocenters. The molecule has 1 saturated heterocycles. The highest BCUT2D eigenvalue weighted by Gasteiger charge is 2.20. The third-order valence-electron chi connectivity index (χ3n) is 5.41. The van der Waals surface area contributed by atoms with E-state index in [4.69, 9.17) is 4.42 Å². The lowest BCUT2D eigenvalue weighted by Gasteiger charge is -2.33. The van der Waals surface area contributed by atoms with Gasteiger partial charge in [-0.3, -0.25) is 9.89 Å². The molecule has 0 spiro atoms. The van der Waals surface area contributed by atoms with E-state index in [-0.39, 0.29) is 0 Å². The summed E-state index contributed by atoms with van der Waals surface area (Å²) >= 11 is 0. The second-order valence-corrected chi connectivity index (χ2v) is 7.62. The van der Waals surface area contributed by atoms with Crippen LogP contribution >= 0.6 is 0 Å². The summed E-state index contributed by atoms with van der Waals surface area (Å²) in [7, 11) is 1.80. The predicted molar refractivity (Wildman–Crippen MR) is 120 cm³/mol. The van der Waals surface area contributed by atoms with Gasteiger partial charge in [0.2, 0.25) is 5.89 Å². The summed E-state index contributed by atoms with van der Waals surface area (Å²) in [5, 5.41) is 6.90. The highest BCUT2D eigenvalue weighted by Crippen LogP contribution is 2.18. The monoisotopic (exact) mass is 403 g/mol. The van der Waals surface area contributed by atoms with Crippen LogP contribution in [0.15, 0.2) is 76.3 Å². The maximum absolute atomic E-state index is 5.61. The number of piperidine rings is 1. The average molecular weight is 404 g/mol. The van der Waals surface area contributed by atoms with E-state index in [1.165, 1.54) is 5.56 Å². The van der Waals surface area contributed by atoms with Crippen LogP contribution in [0, 0.1) is 0 Å². The number of hydrogen-bond donors (Lipinski definition) is 2. The maximum Gasteiger partial charge on any atom is 0.226 e. The third-order valence-corrected chi connectivity index (χ3v) is 5.41. The molecule has 0 aliphatic carbocycles. The third kappa shape index (κ3) is 5.48. The molecule has 2 N–H and O–H groups in total. The Morgan fingerprint density at radius 3 is 2.47 bits per heavy atom. The molecule has 1 aliphatic heterocycles. The first-order valence-corrected chi connectivity index (χ1v) is 10.5. The summed E-state index contributed by atoms with van der Waals surface area (Å²) in [5.74, 6) is 1.45. The Hall–Kier alpha value is -3.12. The van der Waals surface area contributed by atoms with Crippen LogP contribution in [0.5, 0.6) is 0 Å². The molecular formula is C24H29N5O. The summed E-state index contributed by atoms with van der Waals surface area (Å²) in [6, 6.07) is 21.0. The number of guanidine groups is 1. The van der Waals surface area contributed by atoms with Crippen LogP contribution in [0.2, 0.25) is 0 Å². The summed E-state index contributed by atoms with van der Waals surface area (Å²) < 4.78 is 5.61. The fraction of sp³-hybridized carbons (Fsp3) is 0.333. The lowest BCUT2D eigenvalue weighted by Crippen LogP contribution is -2.48. The van der Waals surface area contributed by atoms with Crippen LogP contribution in [0.3, 0.4) is 0 Å². The second-order valence-electron chi connectivity index (χ2n) is 7.62. The van der Waals surface area contributed by atoms with Gasteiger partial charge in [0.05, 0.1) is 12.2 Å². The van der Waals surface area contributed by atoms with Crippen molar-refractivity contribution in [2.45, 2.75) is 32.0 Å². The van der Waals surface area contributed by atoms with Gasteiger partial charge in [-0.1, -0.05) is 48.5 Å². The molecule has 156 valence electrons. The minimum absolute atomic E-state index is 0.431. The maximum atomic E-state index is 5.61. The number of nitrogens with zero attached hydrogens (tertiary/aromatic N) is 3. The van der Waals surface area contributed by atoms with E-state index in [2.05, 4.69) is 55.8 Å². The molecule has 30 heavy (non-hydrogen) atoms. The van der Waals surface area contributed by atoms with Crippen molar-refractivity contribution in [2.75, 3.05) is 20.1 Å². The Morgan fingerprint density at radius 1 is 1.07 bits per heavy atom. The van der Waals surface area contributed by atoms with Crippen LogP contribution in [-0.2, 0) is 13.1 Å². The quantitative estimate of drug-likeness (QED) is 0.486. The minimum atomic E-state index is 0.431. The minimum Gasteiger partial charge on any atom is -0.444 e. The number of aromatic nitrogens is 1. The van der Waals surface area contributed by atoms with Crippen LogP contribution in [0.4, 0.5) is 0 Å². The van der Waals surface area contributed by atoms with Gasteiger partial charge in [-0.2, -0.15) is 0 Å². The second kappa shape index (κ2) is 10.1. The molecular weight excluding hydrogens is 374 g/mol. The van der Waals surface area contributed by atoms with Gasteiger partial charge < -0.3 is 15.1 Å². The number of aliphatic imine (C=N–C) groups is 1. The SMILES string of the molecule is CN=C(NCc1coc(-c2ccccc2)n1)NC1CCN(Cc2ccccc2)CC1. The summed E-state index contributed by atoms with van der Waals surface area (Å²) in [4.78, 5) is 11.5. The Kier molecular flexibility index (Phi) is 6.77. The Labute approximate surface area is 178 Å². The Bertz CT molecular complexity index is 930. The van der Waals surface area contributed by atoms with E-state index in [9.17, 15) is 0 Å². The fourth-order valence-electron chi connectivity index (χ4n) is 3.74. The van der Waals surface area contributed by atoms with Gasteiger partial charge in [-0.25, -0.2) is 4.98 Å². The molecule has 0 saturated carbocycles. The van der Waals surface area contributed by atoms with Crippen LogP contribution in [0.25, 0.3) is 11.5 Å². The zero-order chi connectivity index (χ0) is 20.6. The first kappa shape index (κ1) is 20.2. The molecule has 4 rings (SSSR count). The lowest BCUT2D eigenvalue weighted by molar-refractivity contribution is 0.198. The molecule has 2 aromatic carbocycles. The van der Waals surface area contributed by atoms with Gasteiger partial charge >= 0.3 is 0 Å². The van der Waals surface area contributed by atoms with Gasteiger partial charge in [0, 0.05) is 38.3 Å². The predicted octanol–water partition coefficient (Wildman–Crippen LogP) is 3.67. The number of likely N-dealkylation sites (tertiary alicyclic amines) is 1. The van der Waals surface area contributed by atoms with E-state index in [1.807, 2.05) is 30.3 Å². The van der Waals surface area contributed by atoms with Gasteiger partial charge in [0.1, 0.15) is 6.26 Å². The molecule has 1 aromatic heterocycles. The average Bonchev–Trinajstić information content (AvgIpc) is 3.28. The zero-order valence-corrected chi connectivity index (χ0v) is 17.4. The van der Waals surface area contributed by atoms with Crippen molar-refractivity contribution < 1.29 is 4.42 Å². The van der Waals surface area contributed by atoms with Crippen molar-refractivity contribution in [3.8, 4) is 11.5 Å². The highest BCUT2D eigenvalue weighted by molar-refractivity contribution is 5.79. The Morgan fingerprint density at radius 2 is 1.77 bits per heavy atom. The molecule has 3 aromatic rings. The van der Waals surface area contributed by atoms with Crippen molar-refractivity contribution >= 4 is 5.96 Å². The van der Waals surface area contributed by atoms with Gasteiger partial charge in [-0.05, 0) is 30.5 Å². The molecule has 1 fully saturated rings. The molecule has 0 radical (unpaired) electrons. The normalized spacial score (nSPS) is 15.8. The summed E-state index contributed by atoms with van der Waals surface area (Å²) in [6.07, 6.45) is 3.91. The van der Waals surface area contributed by atoms with E-state index >= 15 is 0 Å². The van der Waals surface area contributed by atoms with E-state index in [0.29, 0.717) is 18.5 Å². The van der Waals surface area contributed by atoms with E-state index < -0.39 is 0 Å². The largest absolute Gasteiger partial charge is 0.444 e. The fourth-order valence-corrected chi connectivity index (χ4v) is 3.74. The standard InChI is InChI=1S/C24H29N5O/c1-25-24(26-16-22-18-30-23(27-22)20-10-6-3-7-11-20)28-21-12-14-29(15-13-21)17-19-8-4-2-5-9-19/h2-11,18,21H,12-17H2,1H3,(H2,25,26,28). The molecule has 0 bridgehead atoms. The molecule has 0 amide bonds. The highest BCUT2D eigenvalue weighted by atomic mass is 16.3. The van der Waals surface area contributed by atoms with E-state index in [1.54, 1.807) is 13.3 Å². The van der Waals surface area contributed by atoms with Crippen molar-refractivity contribution in [1.29, 1.82) is 0 Å². The molecule has 0 atom stereocenters. The zero-order valence-electron chi connectivity index (χ0n) is 17.4. The number of rotatable bonds is 6. The number of oxazole rings is 1. The van der Waals surface area contributed by atoms with Crippen molar-refractivity contribution in [3.63, 3.8) is 0 Å². The van der Waals surface area contributed by atoms with Crippen molar-refractivity contribution in [3.05, 3.63) is 78.2 Å². The van der Waals surface area contributed by atoms with Gasteiger partial charge in [-0.15, -0.1) is 0 Å². The number of benzene rings is 2. The topological polar surface area (TPSA) is 65.7 Å². The molecule has 6 nitrogen and oxygen atoms in total. The number of nitrogens with one attached hydrogen (secondary N) is 2. The molecule has 6 heteroatoms. The van der Waals surface area contributed by atoms with Crippen molar-refractivity contribution in [1.82, 2.24) is 20.5 Å². The summed E-state index contributed by atoms with van der Waals surface area (Å²) in [5.41, 5.74) is 3.21. The first-order valence-electron chi connectivity index (χ1n) is 10.5. The van der Waals surface area contributed by atoms with Crippen LogP contribution in [0.1, 0.15) is 24.1 Å². The van der Waals surface area contributed by atoms with Crippen LogP contribution in [-0.4, -0.2) is 42.0 Å².